The number of hydroxylamine groups is 1. The van der Waals surface area contributed by atoms with E-state index >= 15 is 0 Å². The third kappa shape index (κ3) is 4.61. The van der Waals surface area contributed by atoms with E-state index in [0.717, 1.165) is 34.3 Å². The molecule has 0 saturated heterocycles. The van der Waals surface area contributed by atoms with Crippen LogP contribution in [0.1, 0.15) is 98.7 Å². The molecule has 0 radical (unpaired) electrons. The van der Waals surface area contributed by atoms with Crippen molar-refractivity contribution in [1.29, 1.82) is 0 Å². The van der Waals surface area contributed by atoms with Gasteiger partial charge in [-0.1, -0.05) is 53.4 Å². The van der Waals surface area contributed by atoms with Gasteiger partial charge in [-0.05, 0) is 56.9 Å². The highest BCUT2D eigenvalue weighted by molar-refractivity contribution is 5.89. The van der Waals surface area contributed by atoms with Crippen molar-refractivity contribution in [3.63, 3.8) is 0 Å². The minimum absolute atomic E-state index is 0.132. The number of fused-ring (bicyclic) bond motifs is 1. The Balaban J connectivity index is 1.76. The molecule has 2 aliphatic rings. The van der Waals surface area contributed by atoms with Crippen molar-refractivity contribution in [2.75, 3.05) is 5.73 Å². The first-order chi connectivity index (χ1) is 15.6. The molecule has 1 unspecified atom stereocenters. The van der Waals surface area contributed by atoms with Crippen molar-refractivity contribution >= 4 is 16.9 Å². The molecule has 1 aliphatic heterocycles. The summed E-state index contributed by atoms with van der Waals surface area (Å²) in [6.45, 7) is 15.6. The van der Waals surface area contributed by atoms with Crippen LogP contribution >= 0.6 is 0 Å². The van der Waals surface area contributed by atoms with Gasteiger partial charge >= 0.3 is 0 Å². The van der Waals surface area contributed by atoms with E-state index < -0.39 is 0 Å². The molecule has 7 nitrogen and oxygen atoms in total. The van der Waals surface area contributed by atoms with Crippen molar-refractivity contribution in [2.45, 2.75) is 98.6 Å². The van der Waals surface area contributed by atoms with E-state index in [2.05, 4.69) is 63.9 Å². The molecule has 3 N–H and O–H groups in total. The zero-order valence-corrected chi connectivity index (χ0v) is 21.5. The summed E-state index contributed by atoms with van der Waals surface area (Å²) >= 11 is 0. The second-order valence-corrected chi connectivity index (χ2v) is 11.6. The number of nitrogen functional groups attached to an aromatic ring is 1. The number of nitrogens with one attached hydrogen (secondary N) is 1. The lowest BCUT2D eigenvalue weighted by atomic mass is 9.76. The molecular formula is C26H42N6O. The molecule has 0 aromatic carbocycles. The number of allylic oxidation sites excluding steroid dienone is 1. The molecule has 2 aromatic heterocycles. The van der Waals surface area contributed by atoms with Gasteiger partial charge in [-0.15, -0.1) is 5.48 Å². The van der Waals surface area contributed by atoms with Crippen LogP contribution in [-0.2, 0) is 10.4 Å². The van der Waals surface area contributed by atoms with E-state index in [4.69, 9.17) is 15.7 Å². The molecule has 3 heterocycles. The van der Waals surface area contributed by atoms with Crippen molar-refractivity contribution in [2.24, 2.45) is 23.7 Å². The average Bonchev–Trinajstić information content (AvgIpc) is 3.30. The van der Waals surface area contributed by atoms with Crippen LogP contribution in [0.25, 0.3) is 11.0 Å². The number of rotatable bonds is 4. The number of nitrogens with zero attached hydrogens (tertiary/aromatic N) is 4. The van der Waals surface area contributed by atoms with Crippen molar-refractivity contribution in [1.82, 2.24) is 25.2 Å². The largest absolute Gasteiger partial charge is 0.412 e. The average molecular weight is 455 g/mol. The number of aromatic nitrogens is 4. The van der Waals surface area contributed by atoms with Gasteiger partial charge in [-0.25, -0.2) is 14.6 Å². The smallest absolute Gasteiger partial charge is 0.164 e. The van der Waals surface area contributed by atoms with Crippen LogP contribution in [0.3, 0.4) is 0 Å². The normalized spacial score (nSPS) is 25.1. The van der Waals surface area contributed by atoms with E-state index in [0.29, 0.717) is 17.7 Å². The Hall–Kier alpha value is -2.15. The van der Waals surface area contributed by atoms with E-state index in [9.17, 15) is 0 Å². The molecule has 0 spiro atoms. The third-order valence-corrected chi connectivity index (χ3v) is 7.47. The molecule has 0 bridgehead atoms. The first-order valence-corrected chi connectivity index (χ1v) is 12.8. The van der Waals surface area contributed by atoms with Gasteiger partial charge in [0, 0.05) is 5.92 Å². The predicted molar refractivity (Wildman–Crippen MR) is 133 cm³/mol. The second-order valence-electron chi connectivity index (χ2n) is 11.6. The molecule has 1 saturated carbocycles. The molecule has 7 heteroatoms. The Kier molecular flexibility index (Phi) is 6.72. The van der Waals surface area contributed by atoms with Crippen LogP contribution in [-0.4, -0.2) is 19.7 Å². The van der Waals surface area contributed by atoms with Crippen molar-refractivity contribution < 1.29 is 4.84 Å². The van der Waals surface area contributed by atoms with Gasteiger partial charge in [0.1, 0.15) is 29.6 Å². The van der Waals surface area contributed by atoms with Crippen LogP contribution in [0.15, 0.2) is 17.7 Å². The molecule has 2 aromatic rings. The highest BCUT2D eigenvalue weighted by Crippen LogP contribution is 2.45. The molecule has 1 atom stereocenters. The minimum Gasteiger partial charge on any atom is -0.412 e. The maximum atomic E-state index is 6.40. The van der Waals surface area contributed by atoms with Crippen molar-refractivity contribution in [3.8, 4) is 0 Å². The van der Waals surface area contributed by atoms with E-state index in [1.807, 2.05) is 4.68 Å². The lowest BCUT2D eigenvalue weighted by molar-refractivity contribution is 0.0985. The fraction of sp³-hybridized carbons (Fsp3) is 0.731. The quantitative estimate of drug-likeness (QED) is 0.598. The van der Waals surface area contributed by atoms with Gasteiger partial charge in [0.25, 0.3) is 0 Å². The van der Waals surface area contributed by atoms with Gasteiger partial charge in [-0.2, -0.15) is 5.10 Å². The van der Waals surface area contributed by atoms with E-state index in [-0.39, 0.29) is 11.6 Å². The number of anilines is 1. The minimum atomic E-state index is -0.229. The molecule has 1 aliphatic carbocycles. The summed E-state index contributed by atoms with van der Waals surface area (Å²) in [6, 6.07) is -0.132. The third-order valence-electron chi connectivity index (χ3n) is 7.47. The summed E-state index contributed by atoms with van der Waals surface area (Å²) in [7, 11) is 0. The first kappa shape index (κ1) is 24.0. The number of hydrogen-bond donors (Lipinski definition) is 2. The number of nitrogens with two attached hydrogens (primary N) is 1. The lowest BCUT2D eigenvalue weighted by Gasteiger charge is -2.29. The van der Waals surface area contributed by atoms with Crippen LogP contribution in [0.5, 0.6) is 0 Å². The Morgan fingerprint density at radius 3 is 2.30 bits per heavy atom. The molecule has 182 valence electrons. The number of hydrogen-bond acceptors (Lipinski definition) is 6. The van der Waals surface area contributed by atoms with Gasteiger partial charge in [0.05, 0.1) is 10.9 Å². The molecule has 33 heavy (non-hydrogen) atoms. The lowest BCUT2D eigenvalue weighted by Crippen LogP contribution is -2.25. The van der Waals surface area contributed by atoms with Gasteiger partial charge in [0.2, 0.25) is 0 Å². The van der Waals surface area contributed by atoms with Gasteiger partial charge in [-0.3, -0.25) is 0 Å². The zero-order chi connectivity index (χ0) is 23.9. The maximum Gasteiger partial charge on any atom is 0.164 e. The predicted octanol–water partition coefficient (Wildman–Crippen LogP) is 5.89. The maximum absolute atomic E-state index is 6.40. The van der Waals surface area contributed by atoms with E-state index in [1.165, 1.54) is 50.4 Å². The summed E-state index contributed by atoms with van der Waals surface area (Å²) < 4.78 is 1.98. The first-order valence-electron chi connectivity index (χ1n) is 12.8. The summed E-state index contributed by atoms with van der Waals surface area (Å²) in [5.41, 5.74) is 12.5. The highest BCUT2D eigenvalue weighted by atomic mass is 16.7. The second kappa shape index (κ2) is 9.24. The molecule has 1 fully saturated rings. The summed E-state index contributed by atoms with van der Waals surface area (Å²) in [4.78, 5) is 15.0. The Morgan fingerprint density at radius 2 is 1.73 bits per heavy atom. The van der Waals surface area contributed by atoms with Crippen LogP contribution in [0, 0.1) is 23.7 Å². The molecule has 4 rings (SSSR count). The Labute approximate surface area is 198 Å². The summed E-state index contributed by atoms with van der Waals surface area (Å²) in [6.07, 6.45) is 9.08. The van der Waals surface area contributed by atoms with Crippen LogP contribution < -0.4 is 11.2 Å². The van der Waals surface area contributed by atoms with E-state index in [1.54, 1.807) is 0 Å². The SMILES string of the molecule is CC(C)C1=C(C2CCCC(C(C)C)CCC2)C(c2nn(C(C)(C)C)c3ncnc(N)c23)NO1. The summed E-state index contributed by atoms with van der Waals surface area (Å²) in [5.74, 6) is 3.95. The van der Waals surface area contributed by atoms with Crippen molar-refractivity contribution in [3.05, 3.63) is 23.4 Å². The Morgan fingerprint density at radius 1 is 1.06 bits per heavy atom. The summed E-state index contributed by atoms with van der Waals surface area (Å²) in [5, 5.41) is 5.91. The standard InChI is InChI=1S/C26H42N6O/c1-15(2)17-10-8-12-18(13-9-11-17)19-22(31-33-23(19)16(3)4)21-20-24(27)28-14-29-25(20)32(30-21)26(5,6)7/h14-18,22,31H,8-13H2,1-7H3,(H2,27,28,29). The van der Waals surface area contributed by atoms with Crippen LogP contribution in [0.4, 0.5) is 5.82 Å². The highest BCUT2D eigenvalue weighted by Gasteiger charge is 2.39. The zero-order valence-electron chi connectivity index (χ0n) is 21.5. The Bertz CT molecular complexity index is 1010. The van der Waals surface area contributed by atoms with Crippen LogP contribution in [0.2, 0.25) is 0 Å². The topological polar surface area (TPSA) is 90.9 Å². The monoisotopic (exact) mass is 454 g/mol. The fourth-order valence-corrected chi connectivity index (χ4v) is 5.67. The van der Waals surface area contributed by atoms with Gasteiger partial charge in [0.15, 0.2) is 5.65 Å². The fourth-order valence-electron chi connectivity index (χ4n) is 5.67. The molecular weight excluding hydrogens is 412 g/mol. The van der Waals surface area contributed by atoms with Gasteiger partial charge < -0.3 is 10.6 Å². The molecule has 0 amide bonds.